The first-order valence-electron chi connectivity index (χ1n) is 6.66. The Kier molecular flexibility index (Phi) is 5.00. The molecule has 1 atom stereocenters. The normalized spacial score (nSPS) is 17.6. The highest BCUT2D eigenvalue weighted by Crippen LogP contribution is 2.13. The monoisotopic (exact) mass is 257 g/mol. The Balaban J connectivity index is 2.00. The summed E-state index contributed by atoms with van der Waals surface area (Å²) in [7, 11) is 0. The van der Waals surface area contributed by atoms with Gasteiger partial charge in [-0.3, -0.25) is 4.79 Å². The Labute approximate surface area is 114 Å². The molecule has 0 radical (unpaired) electrons. The third-order valence-corrected chi connectivity index (χ3v) is 3.32. The van der Waals surface area contributed by atoms with Crippen molar-refractivity contribution in [3.8, 4) is 11.8 Å². The summed E-state index contributed by atoms with van der Waals surface area (Å²) in [5.41, 5.74) is 1.24. The van der Waals surface area contributed by atoms with E-state index in [1.54, 1.807) is 6.92 Å². The largest absolute Gasteiger partial charge is 0.379 e. The number of benzene rings is 1. The van der Waals surface area contributed by atoms with Crippen LogP contribution in [0.25, 0.3) is 0 Å². The van der Waals surface area contributed by atoms with Crippen molar-refractivity contribution >= 4 is 5.91 Å². The molecule has 0 bridgehead atoms. The second-order valence-electron chi connectivity index (χ2n) is 4.63. The van der Waals surface area contributed by atoms with E-state index in [-0.39, 0.29) is 11.9 Å². The van der Waals surface area contributed by atoms with E-state index in [1.165, 1.54) is 5.56 Å². The lowest BCUT2D eigenvalue weighted by Crippen LogP contribution is -2.41. The van der Waals surface area contributed by atoms with Crippen LogP contribution >= 0.6 is 0 Å². The van der Waals surface area contributed by atoms with Crippen LogP contribution in [0.5, 0.6) is 0 Å². The molecular formula is C16H19NO2. The van der Waals surface area contributed by atoms with Crippen molar-refractivity contribution in [2.45, 2.75) is 25.8 Å². The zero-order valence-electron chi connectivity index (χ0n) is 11.3. The Hall–Kier alpha value is -1.79. The molecule has 1 heterocycles. The fraction of sp³-hybridized carbons (Fsp3) is 0.438. The van der Waals surface area contributed by atoms with E-state index in [4.69, 9.17) is 4.74 Å². The Morgan fingerprint density at radius 1 is 1.42 bits per heavy atom. The van der Waals surface area contributed by atoms with Crippen LogP contribution in [-0.4, -0.2) is 36.6 Å². The van der Waals surface area contributed by atoms with Crippen molar-refractivity contribution in [3.05, 3.63) is 35.9 Å². The molecule has 1 aromatic carbocycles. The summed E-state index contributed by atoms with van der Waals surface area (Å²) < 4.78 is 5.38. The first kappa shape index (κ1) is 13.6. The first-order chi connectivity index (χ1) is 9.31. The number of hydrogen-bond donors (Lipinski definition) is 0. The van der Waals surface area contributed by atoms with Gasteiger partial charge in [-0.15, -0.1) is 0 Å². The van der Waals surface area contributed by atoms with Crippen LogP contribution in [0.4, 0.5) is 0 Å². The molecule has 0 saturated carbocycles. The van der Waals surface area contributed by atoms with Crippen molar-refractivity contribution < 1.29 is 9.53 Å². The molecule has 0 spiro atoms. The Morgan fingerprint density at radius 2 is 2.21 bits per heavy atom. The molecule has 3 nitrogen and oxygen atoms in total. The van der Waals surface area contributed by atoms with Crippen molar-refractivity contribution in [1.29, 1.82) is 0 Å². The van der Waals surface area contributed by atoms with E-state index in [1.807, 2.05) is 23.1 Å². The fourth-order valence-corrected chi connectivity index (χ4v) is 2.29. The summed E-state index contributed by atoms with van der Waals surface area (Å²) in [6.07, 6.45) is 1.76. The van der Waals surface area contributed by atoms with Gasteiger partial charge in [-0.05, 0) is 31.2 Å². The number of ether oxygens (including phenoxy) is 1. The Bertz CT molecular complexity index is 467. The van der Waals surface area contributed by atoms with Gasteiger partial charge in [0.05, 0.1) is 12.6 Å². The number of rotatable bonds is 4. The molecule has 2 rings (SSSR count). The molecular weight excluding hydrogens is 238 g/mol. The van der Waals surface area contributed by atoms with E-state index in [0.29, 0.717) is 13.2 Å². The SMILES string of the molecule is CC#CC(=O)N(CCc1ccccc1)C1CCOC1. The number of hydrogen-bond acceptors (Lipinski definition) is 2. The van der Waals surface area contributed by atoms with Gasteiger partial charge in [0.1, 0.15) is 0 Å². The predicted octanol–water partition coefficient (Wildman–Crippen LogP) is 1.87. The second-order valence-corrected chi connectivity index (χ2v) is 4.63. The van der Waals surface area contributed by atoms with Gasteiger partial charge < -0.3 is 9.64 Å². The fourth-order valence-electron chi connectivity index (χ4n) is 2.29. The van der Waals surface area contributed by atoms with Crippen molar-refractivity contribution in [2.75, 3.05) is 19.8 Å². The third kappa shape index (κ3) is 3.84. The molecule has 0 aliphatic carbocycles. The summed E-state index contributed by atoms with van der Waals surface area (Å²) in [6.45, 7) is 3.76. The summed E-state index contributed by atoms with van der Waals surface area (Å²) in [5.74, 6) is 5.24. The van der Waals surface area contributed by atoms with Gasteiger partial charge >= 0.3 is 0 Å². The smallest absolute Gasteiger partial charge is 0.298 e. The predicted molar refractivity (Wildman–Crippen MR) is 74.5 cm³/mol. The molecule has 3 heteroatoms. The maximum Gasteiger partial charge on any atom is 0.298 e. The van der Waals surface area contributed by atoms with Crippen molar-refractivity contribution in [2.24, 2.45) is 0 Å². The van der Waals surface area contributed by atoms with Crippen LogP contribution in [0.15, 0.2) is 30.3 Å². The number of nitrogens with zero attached hydrogens (tertiary/aromatic N) is 1. The van der Waals surface area contributed by atoms with E-state index >= 15 is 0 Å². The van der Waals surface area contributed by atoms with Gasteiger partial charge in [0.15, 0.2) is 0 Å². The zero-order chi connectivity index (χ0) is 13.5. The Morgan fingerprint density at radius 3 is 2.84 bits per heavy atom. The molecule has 1 aromatic rings. The minimum absolute atomic E-state index is 0.0890. The molecule has 1 amide bonds. The van der Waals surface area contributed by atoms with Crippen molar-refractivity contribution in [3.63, 3.8) is 0 Å². The van der Waals surface area contributed by atoms with Gasteiger partial charge in [-0.2, -0.15) is 0 Å². The lowest BCUT2D eigenvalue weighted by Gasteiger charge is -2.26. The van der Waals surface area contributed by atoms with E-state index < -0.39 is 0 Å². The van der Waals surface area contributed by atoms with Gasteiger partial charge in [0, 0.05) is 13.2 Å². The summed E-state index contributed by atoms with van der Waals surface area (Å²) in [6, 6.07) is 10.4. The molecule has 19 heavy (non-hydrogen) atoms. The van der Waals surface area contributed by atoms with Crippen molar-refractivity contribution in [1.82, 2.24) is 4.90 Å². The van der Waals surface area contributed by atoms with Gasteiger partial charge in [0.25, 0.3) is 5.91 Å². The lowest BCUT2D eigenvalue weighted by molar-refractivity contribution is -0.127. The molecule has 1 unspecified atom stereocenters. The quantitative estimate of drug-likeness (QED) is 0.771. The summed E-state index contributed by atoms with van der Waals surface area (Å²) >= 11 is 0. The highest BCUT2D eigenvalue weighted by molar-refractivity contribution is 5.93. The highest BCUT2D eigenvalue weighted by Gasteiger charge is 2.26. The molecule has 1 saturated heterocycles. The first-order valence-corrected chi connectivity index (χ1v) is 6.66. The molecule has 1 aliphatic heterocycles. The minimum Gasteiger partial charge on any atom is -0.379 e. The van der Waals surface area contributed by atoms with Gasteiger partial charge in [0.2, 0.25) is 0 Å². The summed E-state index contributed by atoms with van der Waals surface area (Å²) in [5, 5.41) is 0. The zero-order valence-corrected chi connectivity index (χ0v) is 11.3. The number of carbonyl (C=O) groups is 1. The lowest BCUT2D eigenvalue weighted by atomic mass is 10.1. The van der Waals surface area contributed by atoms with E-state index in [2.05, 4.69) is 24.0 Å². The average molecular weight is 257 g/mol. The highest BCUT2D eigenvalue weighted by atomic mass is 16.5. The number of amides is 1. The third-order valence-electron chi connectivity index (χ3n) is 3.32. The molecule has 0 N–H and O–H groups in total. The van der Waals surface area contributed by atoms with Crippen LogP contribution < -0.4 is 0 Å². The molecule has 100 valence electrons. The van der Waals surface area contributed by atoms with Crippen LogP contribution in [0, 0.1) is 11.8 Å². The number of carbonyl (C=O) groups excluding carboxylic acids is 1. The molecule has 1 fully saturated rings. The topological polar surface area (TPSA) is 29.5 Å². The maximum absolute atomic E-state index is 12.0. The molecule has 0 aromatic heterocycles. The average Bonchev–Trinajstić information content (AvgIpc) is 2.94. The van der Waals surface area contributed by atoms with Crippen LogP contribution in [0.2, 0.25) is 0 Å². The van der Waals surface area contributed by atoms with Crippen LogP contribution in [0.1, 0.15) is 18.9 Å². The van der Waals surface area contributed by atoms with Gasteiger partial charge in [-0.25, -0.2) is 0 Å². The standard InChI is InChI=1S/C16H19NO2/c1-2-6-16(18)17(15-10-12-19-13-15)11-9-14-7-4-3-5-8-14/h3-5,7-8,15H,9-13H2,1H3. The minimum atomic E-state index is -0.0890. The van der Waals surface area contributed by atoms with Gasteiger partial charge in [-0.1, -0.05) is 36.3 Å². The van der Waals surface area contributed by atoms with E-state index in [0.717, 1.165) is 19.4 Å². The van der Waals surface area contributed by atoms with E-state index in [9.17, 15) is 4.79 Å². The van der Waals surface area contributed by atoms with Crippen LogP contribution in [0.3, 0.4) is 0 Å². The second kappa shape index (κ2) is 6.96. The molecule has 1 aliphatic rings. The van der Waals surface area contributed by atoms with Crippen LogP contribution in [-0.2, 0) is 16.0 Å². The maximum atomic E-state index is 12.0. The summed E-state index contributed by atoms with van der Waals surface area (Å²) in [4.78, 5) is 13.9.